The van der Waals surface area contributed by atoms with Gasteiger partial charge in [0.25, 0.3) is 0 Å². The molecule has 5 heteroatoms. The largest absolute Gasteiger partial charge is 0.301 e. The molecule has 108 valence electrons. The van der Waals surface area contributed by atoms with E-state index in [1.54, 1.807) is 0 Å². The average Bonchev–Trinajstić information content (AvgIpc) is 2.86. The van der Waals surface area contributed by atoms with Gasteiger partial charge in [-0.2, -0.15) is 5.26 Å². The fourth-order valence-corrected chi connectivity index (χ4v) is 2.78. The van der Waals surface area contributed by atoms with Crippen molar-refractivity contribution in [3.05, 3.63) is 35.2 Å². The molecule has 0 unspecified atom stereocenters. The number of carbonyl (C=O) groups is 1. The summed E-state index contributed by atoms with van der Waals surface area (Å²) >= 11 is 1.37. The molecule has 0 saturated carbocycles. The zero-order valence-electron chi connectivity index (χ0n) is 12.3. The Morgan fingerprint density at radius 2 is 2.10 bits per heavy atom. The minimum atomic E-state index is -0.331. The number of rotatable bonds is 3. The van der Waals surface area contributed by atoms with Crippen molar-refractivity contribution in [1.29, 1.82) is 5.26 Å². The second-order valence-corrected chi connectivity index (χ2v) is 6.57. The number of thiazole rings is 1. The Morgan fingerprint density at radius 1 is 1.38 bits per heavy atom. The highest BCUT2D eigenvalue weighted by Gasteiger charge is 2.19. The lowest BCUT2D eigenvalue weighted by Crippen LogP contribution is -2.12. The van der Waals surface area contributed by atoms with Crippen molar-refractivity contribution in [2.45, 2.75) is 32.6 Å². The monoisotopic (exact) mass is 299 g/mol. The number of nitriles is 1. The summed E-state index contributed by atoms with van der Waals surface area (Å²) in [6.45, 7) is 6.48. The van der Waals surface area contributed by atoms with Crippen LogP contribution < -0.4 is 5.32 Å². The fourth-order valence-electron chi connectivity index (χ4n) is 2.05. The van der Waals surface area contributed by atoms with Crippen LogP contribution in [-0.4, -0.2) is 10.9 Å². The highest BCUT2D eigenvalue weighted by atomic mass is 32.1. The molecule has 0 radical (unpaired) electrons. The molecule has 2 rings (SSSR count). The smallest absolute Gasteiger partial charge is 0.240 e. The van der Waals surface area contributed by atoms with Gasteiger partial charge in [0, 0.05) is 10.9 Å². The van der Waals surface area contributed by atoms with Gasteiger partial charge in [-0.3, -0.25) is 4.79 Å². The van der Waals surface area contributed by atoms with Gasteiger partial charge < -0.3 is 5.32 Å². The molecule has 0 aliphatic rings. The van der Waals surface area contributed by atoms with Gasteiger partial charge in [0.05, 0.1) is 11.8 Å². The molecule has 1 heterocycles. The van der Waals surface area contributed by atoms with Crippen LogP contribution in [0.2, 0.25) is 0 Å². The summed E-state index contributed by atoms with van der Waals surface area (Å²) in [5, 5.41) is 13.6. The molecule has 1 amide bonds. The SMILES string of the molecule is CC(C)(C)c1ccccc1-c1csc(NC(=O)CC#N)n1. The van der Waals surface area contributed by atoms with Crippen LogP contribution in [0.25, 0.3) is 11.3 Å². The summed E-state index contributed by atoms with van der Waals surface area (Å²) in [4.78, 5) is 15.9. The van der Waals surface area contributed by atoms with E-state index in [4.69, 9.17) is 5.26 Å². The third kappa shape index (κ3) is 3.67. The number of nitrogens with zero attached hydrogens (tertiary/aromatic N) is 2. The first-order chi connectivity index (χ1) is 9.91. The fraction of sp³-hybridized carbons (Fsp3) is 0.312. The minimum absolute atomic E-state index is 0.0183. The van der Waals surface area contributed by atoms with Gasteiger partial charge in [-0.1, -0.05) is 45.0 Å². The third-order valence-corrected chi connectivity index (χ3v) is 3.76. The second kappa shape index (κ2) is 6.06. The van der Waals surface area contributed by atoms with Crippen LogP contribution in [-0.2, 0) is 10.2 Å². The highest BCUT2D eigenvalue weighted by molar-refractivity contribution is 7.14. The molecule has 0 aliphatic heterocycles. The number of anilines is 1. The lowest BCUT2D eigenvalue weighted by molar-refractivity contribution is -0.115. The summed E-state index contributed by atoms with van der Waals surface area (Å²) in [6, 6.07) is 9.96. The first-order valence-corrected chi connectivity index (χ1v) is 7.52. The van der Waals surface area contributed by atoms with Crippen LogP contribution in [0, 0.1) is 11.3 Å². The molecule has 4 nitrogen and oxygen atoms in total. The quantitative estimate of drug-likeness (QED) is 0.933. The number of hydrogen-bond donors (Lipinski definition) is 1. The predicted octanol–water partition coefficient (Wildman–Crippen LogP) is 3.96. The zero-order valence-corrected chi connectivity index (χ0v) is 13.1. The summed E-state index contributed by atoms with van der Waals surface area (Å²) in [5.74, 6) is -0.331. The zero-order chi connectivity index (χ0) is 15.5. The standard InChI is InChI=1S/C16H17N3OS/c1-16(2,3)12-7-5-4-6-11(12)13-10-21-15(18-13)19-14(20)8-9-17/h4-7,10H,8H2,1-3H3,(H,18,19,20). The van der Waals surface area contributed by atoms with E-state index in [1.807, 2.05) is 29.6 Å². The Bertz CT molecular complexity index is 692. The van der Waals surface area contributed by atoms with Gasteiger partial charge >= 0.3 is 0 Å². The Hall–Kier alpha value is -2.19. The molecule has 1 aromatic carbocycles. The normalized spacial score (nSPS) is 11.0. The van der Waals surface area contributed by atoms with E-state index in [0.29, 0.717) is 5.13 Å². The van der Waals surface area contributed by atoms with E-state index >= 15 is 0 Å². The van der Waals surface area contributed by atoms with Gasteiger partial charge in [0.15, 0.2) is 5.13 Å². The first-order valence-electron chi connectivity index (χ1n) is 6.64. The van der Waals surface area contributed by atoms with Gasteiger partial charge in [0.2, 0.25) is 5.91 Å². The number of hydrogen-bond acceptors (Lipinski definition) is 4. The van der Waals surface area contributed by atoms with Crippen molar-refractivity contribution in [2.75, 3.05) is 5.32 Å². The Balaban J connectivity index is 2.31. The molecule has 2 aromatic rings. The number of carbonyl (C=O) groups excluding carboxylic acids is 1. The molecule has 0 saturated heterocycles. The molecule has 0 bridgehead atoms. The van der Waals surface area contributed by atoms with E-state index in [-0.39, 0.29) is 17.7 Å². The van der Waals surface area contributed by atoms with Gasteiger partial charge in [0.1, 0.15) is 6.42 Å². The Kier molecular flexibility index (Phi) is 4.39. The van der Waals surface area contributed by atoms with E-state index in [0.717, 1.165) is 11.3 Å². The van der Waals surface area contributed by atoms with Gasteiger partial charge in [-0.25, -0.2) is 4.98 Å². The number of aromatic nitrogens is 1. The Morgan fingerprint density at radius 3 is 2.76 bits per heavy atom. The first kappa shape index (κ1) is 15.2. The van der Waals surface area contributed by atoms with Crippen LogP contribution in [0.1, 0.15) is 32.8 Å². The molecular formula is C16H17N3OS. The minimum Gasteiger partial charge on any atom is -0.301 e. The maximum absolute atomic E-state index is 11.4. The van der Waals surface area contributed by atoms with E-state index in [9.17, 15) is 4.79 Å². The van der Waals surface area contributed by atoms with Crippen molar-refractivity contribution in [1.82, 2.24) is 4.98 Å². The van der Waals surface area contributed by atoms with Gasteiger partial charge in [-0.15, -0.1) is 11.3 Å². The molecule has 0 atom stereocenters. The van der Waals surface area contributed by atoms with E-state index < -0.39 is 0 Å². The van der Waals surface area contributed by atoms with Gasteiger partial charge in [-0.05, 0) is 11.0 Å². The summed E-state index contributed by atoms with van der Waals surface area (Å²) < 4.78 is 0. The van der Waals surface area contributed by atoms with E-state index in [2.05, 4.69) is 37.1 Å². The van der Waals surface area contributed by atoms with Crippen LogP contribution in [0.5, 0.6) is 0 Å². The lowest BCUT2D eigenvalue weighted by atomic mass is 9.83. The highest BCUT2D eigenvalue weighted by Crippen LogP contribution is 2.34. The topological polar surface area (TPSA) is 65.8 Å². The third-order valence-electron chi connectivity index (χ3n) is 3.00. The average molecular weight is 299 g/mol. The molecule has 1 N–H and O–H groups in total. The van der Waals surface area contributed by atoms with Crippen molar-refractivity contribution < 1.29 is 4.79 Å². The molecule has 21 heavy (non-hydrogen) atoms. The number of amides is 1. The molecule has 0 fully saturated rings. The summed E-state index contributed by atoms with van der Waals surface area (Å²) in [5.41, 5.74) is 3.15. The second-order valence-electron chi connectivity index (χ2n) is 5.72. The van der Waals surface area contributed by atoms with E-state index in [1.165, 1.54) is 16.9 Å². The maximum atomic E-state index is 11.4. The molecule has 0 spiro atoms. The predicted molar refractivity (Wildman–Crippen MR) is 85.1 cm³/mol. The Labute approximate surface area is 128 Å². The number of benzene rings is 1. The van der Waals surface area contributed by atoms with Crippen molar-refractivity contribution in [3.8, 4) is 17.3 Å². The van der Waals surface area contributed by atoms with Crippen molar-refractivity contribution in [2.24, 2.45) is 0 Å². The van der Waals surface area contributed by atoms with Crippen LogP contribution in [0.3, 0.4) is 0 Å². The van der Waals surface area contributed by atoms with Crippen LogP contribution in [0.4, 0.5) is 5.13 Å². The van der Waals surface area contributed by atoms with Crippen molar-refractivity contribution in [3.63, 3.8) is 0 Å². The number of nitrogens with one attached hydrogen (secondary N) is 1. The van der Waals surface area contributed by atoms with Crippen molar-refractivity contribution >= 4 is 22.4 Å². The lowest BCUT2D eigenvalue weighted by Gasteiger charge is -2.22. The van der Waals surface area contributed by atoms with Crippen LogP contribution >= 0.6 is 11.3 Å². The maximum Gasteiger partial charge on any atom is 0.240 e. The summed E-state index contributed by atoms with van der Waals surface area (Å²) in [7, 11) is 0. The summed E-state index contributed by atoms with van der Waals surface area (Å²) in [6.07, 6.45) is -0.159. The molecular weight excluding hydrogens is 282 g/mol. The molecule has 0 aliphatic carbocycles. The molecule has 1 aromatic heterocycles. The van der Waals surface area contributed by atoms with Crippen LogP contribution in [0.15, 0.2) is 29.6 Å².